The Morgan fingerprint density at radius 2 is 1.94 bits per heavy atom. The summed E-state index contributed by atoms with van der Waals surface area (Å²) in [5, 5.41) is 22.5. The van der Waals surface area contributed by atoms with Crippen LogP contribution in [0.4, 0.5) is 0 Å². The number of phenolic OH excluding ortho intramolecular Hbond substituents is 1. The molecule has 1 aromatic carbocycles. The zero-order valence-electron chi connectivity index (χ0n) is 19.5. The van der Waals surface area contributed by atoms with E-state index in [2.05, 4.69) is 4.90 Å². The Morgan fingerprint density at radius 1 is 1.14 bits per heavy atom. The highest BCUT2D eigenvalue weighted by Crippen LogP contribution is 2.40. The maximum Gasteiger partial charge on any atom is 0.343 e. The largest absolute Gasteiger partial charge is 0.508 e. The number of rotatable bonds is 4. The fourth-order valence-corrected chi connectivity index (χ4v) is 5.60. The maximum absolute atomic E-state index is 13.6. The smallest absolute Gasteiger partial charge is 0.343 e. The van der Waals surface area contributed by atoms with Gasteiger partial charge in [0.05, 0.1) is 42.2 Å². The average molecular weight is 478 g/mol. The molecule has 5 heterocycles. The summed E-state index contributed by atoms with van der Waals surface area (Å²) >= 11 is 0. The Morgan fingerprint density at radius 3 is 2.71 bits per heavy atom. The lowest BCUT2D eigenvalue weighted by atomic mass is 9.85. The number of ether oxygens (including phenoxy) is 2. The number of pyridine rings is 2. The SMILES string of the molecule is CCc1c2c(nc3ccc(O)cc13)-c1cc3c(c(=O)n1C2)COC(=O)[C@]3(O)CCN1CCOCC1. The number of carbonyl (C=O) groups is 1. The first-order chi connectivity index (χ1) is 16.9. The van der Waals surface area contributed by atoms with Gasteiger partial charge in [-0.05, 0) is 36.2 Å². The number of cyclic esters (lactones) is 1. The fraction of sp³-hybridized carbons (Fsp3) is 0.423. The highest BCUT2D eigenvalue weighted by molar-refractivity contribution is 5.89. The molecule has 0 radical (unpaired) electrons. The van der Waals surface area contributed by atoms with E-state index in [0.717, 1.165) is 35.1 Å². The van der Waals surface area contributed by atoms with E-state index in [1.165, 1.54) is 0 Å². The Balaban J connectivity index is 1.48. The number of hydrogen-bond donors (Lipinski definition) is 2. The predicted molar refractivity (Wildman–Crippen MR) is 127 cm³/mol. The number of benzene rings is 1. The van der Waals surface area contributed by atoms with Crippen molar-refractivity contribution in [3.63, 3.8) is 0 Å². The molecule has 1 atom stereocenters. The zero-order valence-corrected chi connectivity index (χ0v) is 19.5. The second kappa shape index (κ2) is 8.15. The number of phenols is 1. The number of nitrogens with zero attached hydrogens (tertiary/aromatic N) is 3. The standard InChI is InChI=1S/C26H27N3O6/c1-2-16-17-11-15(30)3-4-21(17)27-23-18(16)13-29-22(23)12-20-19(24(29)31)14-35-25(32)26(20,33)5-6-28-7-9-34-10-8-28/h3-4,11-12,30,33H,2,5-10,13-14H2,1H3/t26-/m0/s1. The lowest BCUT2D eigenvalue weighted by Crippen LogP contribution is -2.47. The molecule has 182 valence electrons. The van der Waals surface area contributed by atoms with Gasteiger partial charge in [0.25, 0.3) is 5.56 Å². The summed E-state index contributed by atoms with van der Waals surface area (Å²) in [7, 11) is 0. The van der Waals surface area contributed by atoms with Crippen LogP contribution in [0.1, 0.15) is 35.6 Å². The molecule has 0 aliphatic carbocycles. The molecule has 3 aliphatic rings. The van der Waals surface area contributed by atoms with Crippen molar-refractivity contribution in [3.05, 3.63) is 56.9 Å². The summed E-state index contributed by atoms with van der Waals surface area (Å²) in [5.74, 6) is -0.560. The van der Waals surface area contributed by atoms with E-state index in [1.54, 1.807) is 28.8 Å². The van der Waals surface area contributed by atoms with E-state index >= 15 is 0 Å². The number of aromatic nitrogens is 2. The summed E-state index contributed by atoms with van der Waals surface area (Å²) in [6.07, 6.45) is 0.831. The lowest BCUT2D eigenvalue weighted by Gasteiger charge is -2.35. The van der Waals surface area contributed by atoms with Gasteiger partial charge in [0.1, 0.15) is 12.4 Å². The third kappa shape index (κ3) is 3.37. The molecular formula is C26H27N3O6. The van der Waals surface area contributed by atoms with Crippen LogP contribution in [0.15, 0.2) is 29.1 Å². The van der Waals surface area contributed by atoms with E-state index < -0.39 is 11.6 Å². The summed E-state index contributed by atoms with van der Waals surface area (Å²) in [6.45, 7) is 5.38. The van der Waals surface area contributed by atoms with Crippen LogP contribution in [0, 0.1) is 0 Å². The first-order valence-electron chi connectivity index (χ1n) is 12.0. The highest BCUT2D eigenvalue weighted by atomic mass is 16.6. The predicted octanol–water partition coefficient (Wildman–Crippen LogP) is 1.66. The molecule has 2 aromatic heterocycles. The van der Waals surface area contributed by atoms with Crippen LogP contribution in [0.5, 0.6) is 5.75 Å². The summed E-state index contributed by atoms with van der Waals surface area (Å²) in [5.41, 5.74) is 2.39. The zero-order chi connectivity index (χ0) is 24.3. The molecule has 3 aromatic rings. The van der Waals surface area contributed by atoms with Crippen LogP contribution in [0.2, 0.25) is 0 Å². The fourth-order valence-electron chi connectivity index (χ4n) is 5.60. The minimum Gasteiger partial charge on any atom is -0.508 e. The van der Waals surface area contributed by atoms with Crippen molar-refractivity contribution < 1.29 is 24.5 Å². The van der Waals surface area contributed by atoms with Gasteiger partial charge in [-0.3, -0.25) is 9.69 Å². The third-order valence-corrected chi connectivity index (χ3v) is 7.52. The molecule has 0 saturated carbocycles. The van der Waals surface area contributed by atoms with Crippen molar-refractivity contribution in [2.75, 3.05) is 32.8 Å². The van der Waals surface area contributed by atoms with Gasteiger partial charge >= 0.3 is 5.97 Å². The molecule has 0 unspecified atom stereocenters. The molecule has 1 saturated heterocycles. The minimum absolute atomic E-state index is 0.124. The molecule has 9 nitrogen and oxygen atoms in total. The van der Waals surface area contributed by atoms with E-state index in [4.69, 9.17) is 14.5 Å². The van der Waals surface area contributed by atoms with Gasteiger partial charge in [-0.2, -0.15) is 0 Å². The summed E-state index contributed by atoms with van der Waals surface area (Å²) in [4.78, 5) is 33.4. The Bertz CT molecular complexity index is 1430. The van der Waals surface area contributed by atoms with Crippen molar-refractivity contribution in [2.24, 2.45) is 0 Å². The Kier molecular flexibility index (Phi) is 5.17. The van der Waals surface area contributed by atoms with Crippen LogP contribution in [-0.2, 0) is 39.4 Å². The van der Waals surface area contributed by atoms with E-state index in [9.17, 15) is 19.8 Å². The number of fused-ring (bicyclic) bond motifs is 5. The number of esters is 1. The molecular weight excluding hydrogens is 450 g/mol. The summed E-state index contributed by atoms with van der Waals surface area (Å²) < 4.78 is 12.3. The molecule has 2 N–H and O–H groups in total. The lowest BCUT2D eigenvalue weighted by molar-refractivity contribution is -0.173. The first kappa shape index (κ1) is 22.2. The van der Waals surface area contributed by atoms with Crippen LogP contribution < -0.4 is 5.56 Å². The van der Waals surface area contributed by atoms with Crippen molar-refractivity contribution in [1.82, 2.24) is 14.5 Å². The van der Waals surface area contributed by atoms with Crippen LogP contribution in [0.3, 0.4) is 0 Å². The van der Waals surface area contributed by atoms with Gasteiger partial charge in [-0.15, -0.1) is 0 Å². The Labute approximate surface area is 201 Å². The van der Waals surface area contributed by atoms with Crippen molar-refractivity contribution in [2.45, 2.75) is 38.5 Å². The van der Waals surface area contributed by atoms with Crippen molar-refractivity contribution in [1.29, 1.82) is 0 Å². The molecule has 0 bridgehead atoms. The molecule has 35 heavy (non-hydrogen) atoms. The van der Waals surface area contributed by atoms with Gasteiger partial charge in [-0.1, -0.05) is 6.92 Å². The topological polar surface area (TPSA) is 114 Å². The molecule has 1 fully saturated rings. The number of morpholine rings is 1. The van der Waals surface area contributed by atoms with Crippen LogP contribution in [-0.4, -0.2) is 63.5 Å². The van der Waals surface area contributed by atoms with Gasteiger partial charge in [-0.25, -0.2) is 9.78 Å². The number of carbonyl (C=O) groups excluding carboxylic acids is 1. The van der Waals surface area contributed by atoms with E-state index in [0.29, 0.717) is 55.2 Å². The summed E-state index contributed by atoms with van der Waals surface area (Å²) in [6, 6.07) is 6.81. The van der Waals surface area contributed by atoms with Crippen LogP contribution >= 0.6 is 0 Å². The van der Waals surface area contributed by atoms with E-state index in [1.807, 2.05) is 6.92 Å². The molecule has 0 spiro atoms. The maximum atomic E-state index is 13.6. The number of aliphatic hydroxyl groups is 1. The molecule has 3 aliphatic heterocycles. The van der Waals surface area contributed by atoms with Gasteiger partial charge in [0, 0.05) is 42.6 Å². The van der Waals surface area contributed by atoms with Crippen molar-refractivity contribution in [3.8, 4) is 17.1 Å². The normalized spacial score (nSPS) is 21.5. The van der Waals surface area contributed by atoms with Gasteiger partial charge < -0.3 is 24.3 Å². The minimum atomic E-state index is -1.90. The molecule has 6 rings (SSSR count). The van der Waals surface area contributed by atoms with E-state index in [-0.39, 0.29) is 24.3 Å². The molecule has 9 heteroatoms. The molecule has 0 amide bonds. The second-order valence-corrected chi connectivity index (χ2v) is 9.43. The monoisotopic (exact) mass is 477 g/mol. The average Bonchev–Trinajstić information content (AvgIpc) is 3.23. The number of aromatic hydroxyl groups is 1. The second-order valence-electron chi connectivity index (χ2n) is 9.43. The van der Waals surface area contributed by atoms with Gasteiger partial charge in [0.15, 0.2) is 5.60 Å². The number of hydrogen-bond acceptors (Lipinski definition) is 8. The van der Waals surface area contributed by atoms with Crippen molar-refractivity contribution >= 4 is 16.9 Å². The highest BCUT2D eigenvalue weighted by Gasteiger charge is 2.46. The van der Waals surface area contributed by atoms with Gasteiger partial charge in [0.2, 0.25) is 0 Å². The van der Waals surface area contributed by atoms with Crippen LogP contribution in [0.25, 0.3) is 22.3 Å². The number of aryl methyl sites for hydroxylation is 1. The third-order valence-electron chi connectivity index (χ3n) is 7.52. The quantitative estimate of drug-likeness (QED) is 0.427. The first-order valence-corrected chi connectivity index (χ1v) is 12.0. The Hall–Kier alpha value is -3.27.